The van der Waals surface area contributed by atoms with Crippen molar-refractivity contribution in [1.82, 2.24) is 30.1 Å². The molecule has 11 heteroatoms. The Balaban J connectivity index is 0.000000360. The van der Waals surface area contributed by atoms with Gasteiger partial charge in [-0.3, -0.25) is 0 Å². The lowest BCUT2D eigenvalue weighted by atomic mass is 10.1. The lowest BCUT2D eigenvalue weighted by molar-refractivity contribution is -0.108. The Hall–Kier alpha value is -3.54. The Morgan fingerprint density at radius 1 is 0.952 bits per heavy atom. The number of allylic oxidation sites excluding steroid dienone is 4. The average molecular weight is 583 g/mol. The van der Waals surface area contributed by atoms with Crippen LogP contribution in [0.15, 0.2) is 42.3 Å². The number of hydrogen-bond acceptors (Lipinski definition) is 10. The number of likely N-dealkylation sites (N-methyl/N-ethyl adjacent to an activating group) is 2. The van der Waals surface area contributed by atoms with Crippen molar-refractivity contribution in [3.8, 4) is 0 Å². The number of halogens is 1. The molecule has 0 spiro atoms. The molecule has 2 N–H and O–H groups in total. The van der Waals surface area contributed by atoms with Gasteiger partial charge in [0.05, 0.1) is 18.1 Å². The second-order valence-electron chi connectivity index (χ2n) is 10.5. The second-order valence-corrected chi connectivity index (χ2v) is 10.5. The smallest absolute Gasteiger partial charge is 0.229 e. The molecule has 0 aromatic carbocycles. The highest BCUT2D eigenvalue weighted by atomic mass is 19.1. The van der Waals surface area contributed by atoms with Crippen LogP contribution >= 0.6 is 0 Å². The van der Waals surface area contributed by atoms with Crippen molar-refractivity contribution in [1.29, 1.82) is 0 Å². The van der Waals surface area contributed by atoms with Crippen molar-refractivity contribution in [3.63, 3.8) is 0 Å². The van der Waals surface area contributed by atoms with Crippen molar-refractivity contribution in [2.45, 2.75) is 40.0 Å². The van der Waals surface area contributed by atoms with Crippen LogP contribution in [0.25, 0.3) is 5.57 Å². The van der Waals surface area contributed by atoms with Gasteiger partial charge in [0.2, 0.25) is 5.95 Å². The number of rotatable bonds is 9. The molecule has 2 aromatic rings. The van der Waals surface area contributed by atoms with Gasteiger partial charge in [-0.1, -0.05) is 17.7 Å². The van der Waals surface area contributed by atoms with Gasteiger partial charge in [-0.2, -0.15) is 0 Å². The molecule has 2 aliphatic rings. The SMILES string of the molecule is C/C=C(\C=C(C)C)c1nc(Nc2ccc(N3CCN(C)CC3)cn2)ncc1F.CN1CCNCC1.O=CCCCC=O. The van der Waals surface area contributed by atoms with Crippen molar-refractivity contribution in [2.75, 3.05) is 76.7 Å². The van der Waals surface area contributed by atoms with E-state index in [1.54, 1.807) is 0 Å². The Morgan fingerprint density at radius 3 is 2.10 bits per heavy atom. The summed E-state index contributed by atoms with van der Waals surface area (Å²) in [5, 5.41) is 6.34. The monoisotopic (exact) mass is 582 g/mol. The maximum absolute atomic E-state index is 14.2. The topological polar surface area (TPSA) is 107 Å². The normalized spacial score (nSPS) is 15.9. The fourth-order valence-electron chi connectivity index (χ4n) is 4.12. The van der Waals surface area contributed by atoms with E-state index in [2.05, 4.69) is 54.4 Å². The van der Waals surface area contributed by atoms with E-state index in [1.165, 1.54) is 19.3 Å². The fourth-order valence-corrected chi connectivity index (χ4v) is 4.12. The highest BCUT2D eigenvalue weighted by Gasteiger charge is 2.15. The molecular weight excluding hydrogens is 535 g/mol. The minimum absolute atomic E-state index is 0.273. The molecule has 0 bridgehead atoms. The minimum atomic E-state index is -0.450. The van der Waals surface area contributed by atoms with Crippen LogP contribution in [-0.4, -0.2) is 104 Å². The zero-order valence-electron chi connectivity index (χ0n) is 25.8. The first-order valence-electron chi connectivity index (χ1n) is 14.5. The molecule has 4 rings (SSSR count). The molecule has 42 heavy (non-hydrogen) atoms. The molecule has 4 heterocycles. The van der Waals surface area contributed by atoms with Crippen LogP contribution in [-0.2, 0) is 9.59 Å². The maximum atomic E-state index is 14.2. The summed E-state index contributed by atoms with van der Waals surface area (Å²) < 4.78 is 14.2. The van der Waals surface area contributed by atoms with Crippen LogP contribution in [0.4, 0.5) is 21.8 Å². The summed E-state index contributed by atoms with van der Waals surface area (Å²) in [6.45, 7) is 14.6. The number of anilines is 3. The number of aromatic nitrogens is 3. The van der Waals surface area contributed by atoms with Crippen molar-refractivity contribution in [3.05, 3.63) is 53.8 Å². The Kier molecular flexibility index (Phi) is 16.1. The molecule has 2 aliphatic heterocycles. The number of aldehydes is 2. The number of unbranched alkanes of at least 4 members (excludes halogenated alkanes) is 2. The Morgan fingerprint density at radius 2 is 1.60 bits per heavy atom. The first-order chi connectivity index (χ1) is 20.3. The average Bonchev–Trinajstić information content (AvgIpc) is 2.99. The van der Waals surface area contributed by atoms with Gasteiger partial charge < -0.3 is 34.9 Å². The Labute approximate surface area is 250 Å². The van der Waals surface area contributed by atoms with Gasteiger partial charge in [0.1, 0.15) is 24.1 Å². The Bertz CT molecular complexity index is 1130. The molecule has 0 radical (unpaired) electrons. The first kappa shape index (κ1) is 34.7. The molecule has 230 valence electrons. The number of pyridine rings is 1. The molecular formula is C31H47FN8O2. The lowest BCUT2D eigenvalue weighted by Crippen LogP contribution is -2.44. The van der Waals surface area contributed by atoms with Crippen molar-refractivity contribution < 1.29 is 14.0 Å². The van der Waals surface area contributed by atoms with Crippen LogP contribution in [0, 0.1) is 5.82 Å². The van der Waals surface area contributed by atoms with Gasteiger partial charge in [-0.15, -0.1) is 0 Å². The number of nitrogens with one attached hydrogen (secondary N) is 2. The molecule has 2 saturated heterocycles. The van der Waals surface area contributed by atoms with E-state index in [1.807, 2.05) is 51.3 Å². The molecule has 0 saturated carbocycles. The molecule has 0 atom stereocenters. The van der Waals surface area contributed by atoms with Gasteiger partial charge in [0.15, 0.2) is 5.82 Å². The number of carbonyl (C=O) groups excluding carboxylic acids is 2. The predicted molar refractivity (Wildman–Crippen MR) is 169 cm³/mol. The quantitative estimate of drug-likeness (QED) is 0.256. The van der Waals surface area contributed by atoms with E-state index in [0.717, 1.165) is 68.7 Å². The largest absolute Gasteiger partial charge is 0.368 e. The van der Waals surface area contributed by atoms with E-state index in [9.17, 15) is 14.0 Å². The van der Waals surface area contributed by atoms with Crippen LogP contribution in [0.1, 0.15) is 45.7 Å². The molecule has 10 nitrogen and oxygen atoms in total. The van der Waals surface area contributed by atoms with Crippen LogP contribution in [0.2, 0.25) is 0 Å². The maximum Gasteiger partial charge on any atom is 0.229 e. The molecule has 2 aromatic heterocycles. The number of piperazine rings is 2. The minimum Gasteiger partial charge on any atom is -0.368 e. The van der Waals surface area contributed by atoms with E-state index in [4.69, 9.17) is 0 Å². The summed E-state index contributed by atoms with van der Waals surface area (Å²) in [5.41, 5.74) is 3.16. The molecule has 2 fully saturated rings. The van der Waals surface area contributed by atoms with Gasteiger partial charge >= 0.3 is 0 Å². The zero-order valence-corrected chi connectivity index (χ0v) is 25.8. The van der Waals surface area contributed by atoms with E-state index >= 15 is 0 Å². The van der Waals surface area contributed by atoms with Crippen LogP contribution in [0.5, 0.6) is 0 Å². The van der Waals surface area contributed by atoms with Gasteiger partial charge in [-0.25, -0.2) is 19.3 Å². The summed E-state index contributed by atoms with van der Waals surface area (Å²) in [5.74, 6) is 0.493. The second kappa shape index (κ2) is 19.6. The van der Waals surface area contributed by atoms with E-state index in [0.29, 0.717) is 31.0 Å². The van der Waals surface area contributed by atoms with Gasteiger partial charge in [0.25, 0.3) is 0 Å². The summed E-state index contributed by atoms with van der Waals surface area (Å²) in [6.07, 6.45) is 10.1. The van der Waals surface area contributed by atoms with Gasteiger partial charge in [0, 0.05) is 65.2 Å². The van der Waals surface area contributed by atoms with Crippen molar-refractivity contribution >= 4 is 35.6 Å². The molecule has 0 unspecified atom stereocenters. The van der Waals surface area contributed by atoms with E-state index < -0.39 is 5.82 Å². The fraction of sp³-hybridized carbons (Fsp3) is 0.516. The highest BCUT2D eigenvalue weighted by molar-refractivity contribution is 5.73. The van der Waals surface area contributed by atoms with Crippen LogP contribution in [0.3, 0.4) is 0 Å². The number of hydrogen-bond donors (Lipinski definition) is 2. The predicted octanol–water partition coefficient (Wildman–Crippen LogP) is 3.95. The highest BCUT2D eigenvalue weighted by Crippen LogP contribution is 2.22. The van der Waals surface area contributed by atoms with Crippen LogP contribution < -0.4 is 15.5 Å². The summed E-state index contributed by atoms with van der Waals surface area (Å²) in [4.78, 5) is 39.0. The van der Waals surface area contributed by atoms with E-state index in [-0.39, 0.29) is 5.69 Å². The standard InChI is InChI=1S/C21H27FN6.C5H12N2.C5H8O2/c1-5-16(12-15(2)3)20-18(22)14-24-21(26-20)25-19-7-6-17(13-23-19)28-10-8-27(4)9-11-28;1-7-4-2-6-3-5-7;6-4-2-1-3-5-7/h5-7,12-14H,8-11H2,1-4H3,(H,23,24,25,26);6H,2-5H2,1H3;4-5H,1-3H2/b16-5+;;. The molecule has 0 aliphatic carbocycles. The summed E-state index contributed by atoms with van der Waals surface area (Å²) in [7, 11) is 4.29. The molecule has 0 amide bonds. The van der Waals surface area contributed by atoms with Gasteiger partial charge in [-0.05, 0) is 59.0 Å². The third kappa shape index (κ3) is 13.0. The van der Waals surface area contributed by atoms with Crippen molar-refractivity contribution in [2.24, 2.45) is 0 Å². The summed E-state index contributed by atoms with van der Waals surface area (Å²) in [6, 6.07) is 3.93. The summed E-state index contributed by atoms with van der Waals surface area (Å²) >= 11 is 0. The first-order valence-corrected chi connectivity index (χ1v) is 14.5. The third-order valence-corrected chi connectivity index (χ3v) is 6.61. The lowest BCUT2D eigenvalue weighted by Gasteiger charge is -2.33. The third-order valence-electron chi connectivity index (χ3n) is 6.61. The number of carbonyl (C=O) groups is 2. The number of nitrogens with zero attached hydrogens (tertiary/aromatic N) is 6. The zero-order chi connectivity index (χ0) is 30.7.